The van der Waals surface area contributed by atoms with Crippen molar-refractivity contribution >= 4 is 34.6 Å². The normalized spacial score (nSPS) is 11.8. The number of carbonyl (C=O) groups excluding carboxylic acids is 1. The third-order valence-corrected chi connectivity index (χ3v) is 4.89. The molecule has 1 amide bonds. The van der Waals surface area contributed by atoms with Gasteiger partial charge < -0.3 is 5.32 Å². The van der Waals surface area contributed by atoms with Gasteiger partial charge in [-0.25, -0.2) is 4.98 Å². The Balaban J connectivity index is 1.83. The zero-order chi connectivity index (χ0) is 23.6. The number of alkyl halides is 3. The molecule has 0 spiro atoms. The number of nitrogens with one attached hydrogen (secondary N) is 1. The minimum Gasteiger partial charge on any atom is -0.326 e. The number of rotatable bonds is 4. The van der Waals surface area contributed by atoms with E-state index in [9.17, 15) is 22.8 Å². The van der Waals surface area contributed by atoms with Gasteiger partial charge in [-0.3, -0.25) is 14.2 Å². The Hall–Kier alpha value is -4.20. The van der Waals surface area contributed by atoms with Crippen LogP contribution in [0.3, 0.4) is 0 Å². The second-order valence-corrected chi connectivity index (χ2v) is 7.31. The minimum atomic E-state index is -4.46. The van der Waals surface area contributed by atoms with Crippen molar-refractivity contribution in [2.75, 3.05) is 5.32 Å². The maximum absolute atomic E-state index is 13.3. The number of fused-ring (bicyclic) bond motifs is 1. The van der Waals surface area contributed by atoms with E-state index >= 15 is 0 Å². The molecule has 8 heteroatoms. The molecule has 0 bridgehead atoms. The molecule has 1 aromatic heterocycles. The summed E-state index contributed by atoms with van der Waals surface area (Å²) in [7, 11) is 0. The lowest BCUT2D eigenvalue weighted by molar-refractivity contribution is -0.137. The fraction of sp³-hybridized carbons (Fsp3) is 0.0800. The molecule has 0 aliphatic heterocycles. The lowest BCUT2D eigenvalue weighted by atomic mass is 10.1. The summed E-state index contributed by atoms with van der Waals surface area (Å²) in [6.07, 6.45) is -1.47. The molecule has 0 aliphatic rings. The first-order valence-corrected chi connectivity index (χ1v) is 9.97. The number of benzene rings is 3. The summed E-state index contributed by atoms with van der Waals surface area (Å²) in [4.78, 5) is 29.1. The van der Waals surface area contributed by atoms with Crippen LogP contribution in [0.15, 0.2) is 77.6 Å². The van der Waals surface area contributed by atoms with Crippen molar-refractivity contribution < 1.29 is 18.0 Å². The van der Waals surface area contributed by atoms with Crippen LogP contribution >= 0.6 is 0 Å². The Morgan fingerprint density at radius 2 is 1.70 bits per heavy atom. The van der Waals surface area contributed by atoms with Crippen molar-refractivity contribution in [2.24, 2.45) is 0 Å². The highest BCUT2D eigenvalue weighted by atomic mass is 19.4. The first kappa shape index (κ1) is 22.0. The van der Waals surface area contributed by atoms with Gasteiger partial charge in [-0.1, -0.05) is 30.3 Å². The molecule has 0 unspecified atom stereocenters. The SMILES string of the molecule is CC(=O)Nc1ccc(-n2c(C=Cc3cccc(C(F)(F)F)c3)nc3ccccc3c2=O)cc1. The van der Waals surface area contributed by atoms with E-state index < -0.39 is 11.7 Å². The molecule has 1 heterocycles. The lowest BCUT2D eigenvalue weighted by Gasteiger charge is -2.12. The first-order valence-electron chi connectivity index (χ1n) is 9.97. The molecular weight excluding hydrogens is 431 g/mol. The number of hydrogen-bond acceptors (Lipinski definition) is 3. The molecule has 4 aromatic rings. The smallest absolute Gasteiger partial charge is 0.326 e. The Bertz CT molecular complexity index is 1420. The van der Waals surface area contributed by atoms with Gasteiger partial charge >= 0.3 is 6.18 Å². The average molecular weight is 449 g/mol. The van der Waals surface area contributed by atoms with Crippen LogP contribution in [0.4, 0.5) is 18.9 Å². The van der Waals surface area contributed by atoms with Crippen molar-refractivity contribution in [3.8, 4) is 5.69 Å². The predicted molar refractivity (Wildman–Crippen MR) is 122 cm³/mol. The maximum Gasteiger partial charge on any atom is 0.416 e. The number of para-hydroxylation sites is 1. The van der Waals surface area contributed by atoms with Crippen molar-refractivity contribution in [1.82, 2.24) is 9.55 Å². The lowest BCUT2D eigenvalue weighted by Crippen LogP contribution is -2.22. The Morgan fingerprint density at radius 1 is 0.970 bits per heavy atom. The van der Waals surface area contributed by atoms with Crippen LogP contribution in [0, 0.1) is 0 Å². The van der Waals surface area contributed by atoms with Gasteiger partial charge in [-0.2, -0.15) is 13.2 Å². The third-order valence-electron chi connectivity index (χ3n) is 4.89. The van der Waals surface area contributed by atoms with E-state index in [0.29, 0.717) is 27.8 Å². The second kappa shape index (κ2) is 8.74. The summed E-state index contributed by atoms with van der Waals surface area (Å²) in [6, 6.07) is 18.3. The van der Waals surface area contributed by atoms with Crippen molar-refractivity contribution in [3.63, 3.8) is 0 Å². The van der Waals surface area contributed by atoms with Crippen molar-refractivity contribution in [3.05, 3.63) is 100 Å². The number of nitrogens with zero attached hydrogens (tertiary/aromatic N) is 2. The first-order chi connectivity index (χ1) is 15.7. The van der Waals surface area contributed by atoms with Crippen molar-refractivity contribution in [2.45, 2.75) is 13.1 Å². The Kier molecular flexibility index (Phi) is 5.83. The molecule has 5 nitrogen and oxygen atoms in total. The molecule has 3 aromatic carbocycles. The molecule has 4 rings (SSSR count). The van der Waals surface area contributed by atoms with Crippen LogP contribution in [-0.4, -0.2) is 15.5 Å². The van der Waals surface area contributed by atoms with Crippen LogP contribution in [-0.2, 0) is 11.0 Å². The number of amides is 1. The zero-order valence-electron chi connectivity index (χ0n) is 17.4. The van der Waals surface area contributed by atoms with E-state index in [1.54, 1.807) is 48.5 Å². The number of carbonyl (C=O) groups is 1. The highest BCUT2D eigenvalue weighted by Crippen LogP contribution is 2.30. The van der Waals surface area contributed by atoms with Gasteiger partial charge in [0, 0.05) is 12.6 Å². The second-order valence-electron chi connectivity index (χ2n) is 7.31. The molecular formula is C25H18F3N3O2. The number of hydrogen-bond donors (Lipinski definition) is 1. The zero-order valence-corrected chi connectivity index (χ0v) is 17.4. The van der Waals surface area contributed by atoms with Crippen LogP contribution in [0.1, 0.15) is 23.9 Å². The summed E-state index contributed by atoms with van der Waals surface area (Å²) in [5, 5.41) is 3.06. The molecule has 0 saturated carbocycles. The van der Waals surface area contributed by atoms with E-state index in [1.165, 1.54) is 35.8 Å². The standard InChI is InChI=1S/C25H18F3N3O2/c1-16(32)29-19-10-12-20(13-11-19)31-23(30-22-8-3-2-7-21(22)24(31)33)14-9-17-5-4-6-18(15-17)25(26,27)28/h2-15H,1H3,(H,29,32). The van der Waals surface area contributed by atoms with Gasteiger partial charge in [0.1, 0.15) is 5.82 Å². The van der Waals surface area contributed by atoms with Gasteiger partial charge in [0.15, 0.2) is 0 Å². The summed E-state index contributed by atoms with van der Waals surface area (Å²) in [5.74, 6) is 0.0281. The Morgan fingerprint density at radius 3 is 2.39 bits per heavy atom. The molecule has 166 valence electrons. The Labute approximate surface area is 186 Å². The van der Waals surface area contributed by atoms with Gasteiger partial charge in [0.25, 0.3) is 5.56 Å². The molecule has 0 atom stereocenters. The summed E-state index contributed by atoms with van der Waals surface area (Å²) >= 11 is 0. The highest BCUT2D eigenvalue weighted by Gasteiger charge is 2.30. The molecule has 0 saturated heterocycles. The van der Waals surface area contributed by atoms with E-state index in [-0.39, 0.29) is 17.3 Å². The molecule has 0 fully saturated rings. The topological polar surface area (TPSA) is 64.0 Å². The van der Waals surface area contributed by atoms with Crippen LogP contribution in [0.25, 0.3) is 28.7 Å². The van der Waals surface area contributed by atoms with Crippen LogP contribution in [0.2, 0.25) is 0 Å². The fourth-order valence-corrected chi connectivity index (χ4v) is 3.40. The average Bonchev–Trinajstić information content (AvgIpc) is 2.78. The number of halogens is 3. The fourth-order valence-electron chi connectivity index (χ4n) is 3.40. The van der Waals surface area contributed by atoms with Gasteiger partial charge in [-0.05, 0) is 60.2 Å². The predicted octanol–water partition coefficient (Wildman–Crippen LogP) is 5.53. The molecule has 1 N–H and O–H groups in total. The van der Waals surface area contributed by atoms with Gasteiger partial charge in [0.2, 0.25) is 5.91 Å². The largest absolute Gasteiger partial charge is 0.416 e. The molecule has 33 heavy (non-hydrogen) atoms. The van der Waals surface area contributed by atoms with E-state index in [1.807, 2.05) is 0 Å². The maximum atomic E-state index is 13.3. The number of aromatic nitrogens is 2. The van der Waals surface area contributed by atoms with E-state index in [2.05, 4.69) is 10.3 Å². The summed E-state index contributed by atoms with van der Waals surface area (Å²) < 4.78 is 40.5. The molecule has 0 aliphatic carbocycles. The molecule has 0 radical (unpaired) electrons. The number of anilines is 1. The van der Waals surface area contributed by atoms with E-state index in [4.69, 9.17) is 0 Å². The third kappa shape index (κ3) is 4.85. The summed E-state index contributed by atoms with van der Waals surface area (Å²) in [5.41, 5.74) is 0.765. The van der Waals surface area contributed by atoms with Gasteiger partial charge in [0.05, 0.1) is 22.2 Å². The highest BCUT2D eigenvalue weighted by molar-refractivity contribution is 5.88. The van der Waals surface area contributed by atoms with Crippen molar-refractivity contribution in [1.29, 1.82) is 0 Å². The summed E-state index contributed by atoms with van der Waals surface area (Å²) in [6.45, 7) is 1.39. The monoisotopic (exact) mass is 449 g/mol. The van der Waals surface area contributed by atoms with E-state index in [0.717, 1.165) is 12.1 Å². The minimum absolute atomic E-state index is 0.225. The van der Waals surface area contributed by atoms with Crippen LogP contribution < -0.4 is 10.9 Å². The van der Waals surface area contributed by atoms with Crippen LogP contribution in [0.5, 0.6) is 0 Å². The quantitative estimate of drug-likeness (QED) is 0.445. The van der Waals surface area contributed by atoms with Gasteiger partial charge in [-0.15, -0.1) is 0 Å².